The molecule has 5 N–H and O–H groups in total. The van der Waals surface area contributed by atoms with Crippen LogP contribution in [0.1, 0.15) is 50.6 Å². The molecule has 29 heavy (non-hydrogen) atoms. The molecule has 1 aromatic carbocycles. The molecule has 1 aromatic heterocycles. The smallest absolute Gasteiger partial charge is 0.275 e. The summed E-state index contributed by atoms with van der Waals surface area (Å²) < 4.78 is 5.04. The van der Waals surface area contributed by atoms with Gasteiger partial charge in [-0.05, 0) is 48.5 Å². The third-order valence-corrected chi connectivity index (χ3v) is 7.37. The Hall–Kier alpha value is -1.86. The molecule has 0 radical (unpaired) electrons. The van der Waals surface area contributed by atoms with Gasteiger partial charge in [-0.15, -0.1) is 0 Å². The zero-order valence-corrected chi connectivity index (χ0v) is 17.6. The van der Waals surface area contributed by atoms with E-state index in [4.69, 9.17) is 10.3 Å². The molecule has 1 saturated carbocycles. The molecule has 0 bridgehead atoms. The number of Topliss-reactive ketones (excluding diaryl/α,β-unsaturated/α-hetero) is 1. The van der Waals surface area contributed by atoms with Crippen molar-refractivity contribution in [1.82, 2.24) is 15.5 Å². The van der Waals surface area contributed by atoms with Gasteiger partial charge in [0.15, 0.2) is 11.9 Å². The number of nitrogens with two attached hydrogens (primary N) is 1. The van der Waals surface area contributed by atoms with Crippen LogP contribution in [0.2, 0.25) is 0 Å². The minimum Gasteiger partial charge on any atom is -0.365 e. The van der Waals surface area contributed by atoms with Crippen molar-refractivity contribution in [3.05, 3.63) is 29.8 Å². The summed E-state index contributed by atoms with van der Waals surface area (Å²) in [6.07, 6.45) is 5.85. The van der Waals surface area contributed by atoms with Crippen molar-refractivity contribution in [1.29, 1.82) is 0 Å². The predicted octanol–water partition coefficient (Wildman–Crippen LogP) is 2.95. The Bertz CT molecular complexity index is 803. The van der Waals surface area contributed by atoms with Crippen LogP contribution in [-0.4, -0.2) is 44.6 Å². The second-order valence-corrected chi connectivity index (χ2v) is 10.4. The second-order valence-electron chi connectivity index (χ2n) is 7.94. The number of nitrogens with zero attached hydrogens (tertiary/aromatic N) is 2. The van der Waals surface area contributed by atoms with Gasteiger partial charge < -0.3 is 15.6 Å². The van der Waals surface area contributed by atoms with Crippen LogP contribution in [0.15, 0.2) is 28.8 Å². The summed E-state index contributed by atoms with van der Waals surface area (Å²) in [6, 6.07) is 7.46. The topological polar surface area (TPSA) is 134 Å². The Morgan fingerprint density at radius 3 is 2.59 bits per heavy atom. The van der Waals surface area contributed by atoms with Crippen molar-refractivity contribution < 1.29 is 19.1 Å². The number of ketones is 1. The van der Waals surface area contributed by atoms with E-state index in [1.807, 2.05) is 31.2 Å². The Morgan fingerprint density at radius 2 is 1.97 bits per heavy atom. The van der Waals surface area contributed by atoms with Gasteiger partial charge in [-0.1, -0.05) is 31.4 Å². The van der Waals surface area contributed by atoms with Crippen molar-refractivity contribution in [3.8, 4) is 11.5 Å². The lowest BCUT2D eigenvalue weighted by Crippen LogP contribution is -2.29. The van der Waals surface area contributed by atoms with Gasteiger partial charge >= 0.3 is 0 Å². The zero-order chi connectivity index (χ0) is 20.9. The molecular formula is C20H30N4O4P+. The number of anilines is 1. The Balaban J connectivity index is 1.46. The van der Waals surface area contributed by atoms with Crippen molar-refractivity contribution in [2.45, 2.75) is 45.1 Å². The van der Waals surface area contributed by atoms with Crippen molar-refractivity contribution in [2.24, 2.45) is 5.92 Å². The molecule has 1 fully saturated rings. The van der Waals surface area contributed by atoms with Crippen LogP contribution >= 0.6 is 7.72 Å². The Labute approximate surface area is 171 Å². The van der Waals surface area contributed by atoms with Gasteiger partial charge in [0.05, 0.1) is 6.54 Å². The van der Waals surface area contributed by atoms with Gasteiger partial charge in [-0.3, -0.25) is 4.79 Å². The van der Waals surface area contributed by atoms with Crippen LogP contribution < -0.4 is 11.1 Å². The maximum absolute atomic E-state index is 12.3. The average Bonchev–Trinajstić information content (AvgIpc) is 3.12. The number of carbonyl (C=O) groups excluding carboxylic acids is 1. The molecule has 1 heterocycles. The first-order chi connectivity index (χ1) is 13.8. The first-order valence-electron chi connectivity index (χ1n) is 10.1. The maximum atomic E-state index is 12.3. The lowest BCUT2D eigenvalue weighted by atomic mass is 9.91. The van der Waals surface area contributed by atoms with Crippen LogP contribution in [-0.2, 0) is 4.79 Å². The molecule has 8 nitrogen and oxygen atoms in total. The monoisotopic (exact) mass is 421 g/mol. The first kappa shape index (κ1) is 21.8. The third-order valence-electron chi connectivity index (χ3n) is 5.41. The molecule has 1 aliphatic rings. The largest absolute Gasteiger partial charge is 0.365 e. The van der Waals surface area contributed by atoms with Crippen molar-refractivity contribution >= 4 is 19.4 Å². The molecule has 158 valence electrons. The molecule has 9 heteroatoms. The Kier molecular flexibility index (Phi) is 7.35. The van der Waals surface area contributed by atoms with E-state index in [2.05, 4.69) is 15.5 Å². The fourth-order valence-electron chi connectivity index (χ4n) is 3.84. The van der Waals surface area contributed by atoms with E-state index in [0.29, 0.717) is 18.0 Å². The average molecular weight is 421 g/mol. The summed E-state index contributed by atoms with van der Waals surface area (Å²) in [4.78, 5) is 37.0. The van der Waals surface area contributed by atoms with Crippen LogP contribution in [0.25, 0.3) is 11.5 Å². The summed E-state index contributed by atoms with van der Waals surface area (Å²) in [5.41, 5.74) is 7.22. The molecular weight excluding hydrogens is 391 g/mol. The SMILES string of the molecule is CC(NCC(=O)C[P+](O)(O)CC1CCCCC1)c1ccc(-c2nc(N)no2)cc1. The fraction of sp³-hybridized carbons (Fsp3) is 0.550. The van der Waals surface area contributed by atoms with Gasteiger partial charge in [0.25, 0.3) is 19.6 Å². The lowest BCUT2D eigenvalue weighted by Gasteiger charge is -2.23. The normalized spacial score (nSPS) is 16.7. The highest BCUT2D eigenvalue weighted by Gasteiger charge is 2.39. The molecule has 0 aliphatic heterocycles. The zero-order valence-electron chi connectivity index (χ0n) is 16.8. The number of nitrogens with one attached hydrogen (secondary N) is 1. The third kappa shape index (κ3) is 6.57. The highest BCUT2D eigenvalue weighted by atomic mass is 31.2. The van der Waals surface area contributed by atoms with Gasteiger partial charge in [-0.25, -0.2) is 9.79 Å². The molecule has 0 amide bonds. The number of aromatic nitrogens is 2. The van der Waals surface area contributed by atoms with E-state index in [9.17, 15) is 14.6 Å². The molecule has 1 atom stereocenters. The van der Waals surface area contributed by atoms with Gasteiger partial charge in [0.1, 0.15) is 6.16 Å². The van der Waals surface area contributed by atoms with E-state index in [1.54, 1.807) is 0 Å². The molecule has 1 aliphatic carbocycles. The number of carbonyl (C=O) groups is 1. The molecule has 3 rings (SSSR count). The van der Waals surface area contributed by atoms with Crippen molar-refractivity contribution in [2.75, 3.05) is 24.6 Å². The number of hydrogen-bond acceptors (Lipinski definition) is 8. The van der Waals surface area contributed by atoms with Crippen molar-refractivity contribution in [3.63, 3.8) is 0 Å². The number of hydrogen-bond donors (Lipinski definition) is 4. The summed E-state index contributed by atoms with van der Waals surface area (Å²) in [7, 11) is -3.16. The summed E-state index contributed by atoms with van der Waals surface area (Å²) in [6.45, 7) is 2.06. The molecule has 0 saturated heterocycles. The van der Waals surface area contributed by atoms with Crippen LogP contribution in [0, 0.1) is 5.92 Å². The van der Waals surface area contributed by atoms with E-state index in [0.717, 1.165) is 36.8 Å². The minimum absolute atomic E-state index is 0.0655. The highest BCUT2D eigenvalue weighted by Crippen LogP contribution is 2.53. The standard InChI is InChI=1S/C20H30N4O4P/c1-14(16-7-9-17(10-8-16)19-23-20(21)24-28-19)22-11-18(25)13-29(26,27)12-15-5-3-2-4-6-15/h7-10,14-15,22,26-27H,2-6,11-13H2,1H3,(H2,21,24)/q+1. The van der Waals surface area contributed by atoms with Gasteiger partial charge in [0, 0.05) is 11.6 Å². The Morgan fingerprint density at radius 1 is 1.28 bits per heavy atom. The number of benzene rings is 1. The van der Waals surface area contributed by atoms with Crippen LogP contribution in [0.4, 0.5) is 5.95 Å². The van der Waals surface area contributed by atoms with Gasteiger partial charge in [0.2, 0.25) is 0 Å². The van der Waals surface area contributed by atoms with Crippen LogP contribution in [0.5, 0.6) is 0 Å². The molecule has 2 aromatic rings. The maximum Gasteiger partial charge on any atom is 0.275 e. The number of nitrogen functional groups attached to an aromatic ring is 1. The highest BCUT2D eigenvalue weighted by molar-refractivity contribution is 7.65. The lowest BCUT2D eigenvalue weighted by molar-refractivity contribution is -0.116. The van der Waals surface area contributed by atoms with E-state index in [1.165, 1.54) is 6.42 Å². The molecule has 0 spiro atoms. The molecule has 1 unspecified atom stereocenters. The summed E-state index contributed by atoms with van der Waals surface area (Å²) in [5, 5.41) is 6.73. The summed E-state index contributed by atoms with van der Waals surface area (Å²) >= 11 is 0. The summed E-state index contributed by atoms with van der Waals surface area (Å²) in [5.74, 6) is 0.630. The van der Waals surface area contributed by atoms with E-state index >= 15 is 0 Å². The van der Waals surface area contributed by atoms with E-state index in [-0.39, 0.29) is 30.5 Å². The second kappa shape index (κ2) is 9.76. The number of rotatable bonds is 9. The van der Waals surface area contributed by atoms with E-state index < -0.39 is 7.72 Å². The van der Waals surface area contributed by atoms with Crippen LogP contribution in [0.3, 0.4) is 0 Å². The van der Waals surface area contributed by atoms with Gasteiger partial charge in [-0.2, -0.15) is 4.98 Å². The predicted molar refractivity (Wildman–Crippen MR) is 113 cm³/mol. The first-order valence-corrected chi connectivity index (χ1v) is 12.2. The quantitative estimate of drug-likeness (QED) is 0.454. The minimum atomic E-state index is -3.16. The fourth-order valence-corrected chi connectivity index (χ4v) is 5.84.